The van der Waals surface area contributed by atoms with E-state index >= 15 is 0 Å². The number of anilines is 1. The molecule has 0 bridgehead atoms. The maximum Gasteiger partial charge on any atom is 0.325 e. The number of likely N-dealkylation sites (N-methyl/N-ethyl adjacent to an activating group) is 1. The molecule has 0 radical (unpaired) electrons. The van der Waals surface area contributed by atoms with Crippen LogP contribution in [0.4, 0.5) is 5.69 Å². The van der Waals surface area contributed by atoms with Gasteiger partial charge in [0.2, 0.25) is 0 Å². The number of carbonyl (C=O) groups excluding carboxylic acids is 3. The van der Waals surface area contributed by atoms with Gasteiger partial charge in [0.25, 0.3) is 11.8 Å². The molecule has 2 aromatic rings. The van der Waals surface area contributed by atoms with E-state index in [1.165, 1.54) is 4.90 Å². The van der Waals surface area contributed by atoms with Crippen LogP contribution in [-0.2, 0) is 20.9 Å². The van der Waals surface area contributed by atoms with Crippen molar-refractivity contribution >= 4 is 23.5 Å². The first-order valence-corrected chi connectivity index (χ1v) is 9.27. The van der Waals surface area contributed by atoms with E-state index < -0.39 is 5.97 Å². The lowest BCUT2D eigenvalue weighted by atomic mass is 10.1. The maximum atomic E-state index is 12.2. The van der Waals surface area contributed by atoms with Crippen molar-refractivity contribution in [3.63, 3.8) is 0 Å². The maximum absolute atomic E-state index is 12.2. The Kier molecular flexibility index (Phi) is 7.77. The molecule has 0 unspecified atom stereocenters. The second-order valence-corrected chi connectivity index (χ2v) is 6.97. The van der Waals surface area contributed by atoms with E-state index in [1.54, 1.807) is 19.2 Å². The molecule has 0 aliphatic heterocycles. The highest BCUT2D eigenvalue weighted by Crippen LogP contribution is 2.13. The van der Waals surface area contributed by atoms with Gasteiger partial charge in [-0.1, -0.05) is 30.3 Å². The minimum atomic E-state index is -0.663. The van der Waals surface area contributed by atoms with Crippen molar-refractivity contribution in [1.82, 2.24) is 10.2 Å². The van der Waals surface area contributed by atoms with Crippen LogP contribution < -0.4 is 10.2 Å². The Morgan fingerprint density at radius 1 is 0.966 bits per heavy atom. The summed E-state index contributed by atoms with van der Waals surface area (Å²) in [6.45, 7) is 1.56. The summed E-state index contributed by atoms with van der Waals surface area (Å²) in [6, 6.07) is 14.9. The first-order valence-electron chi connectivity index (χ1n) is 9.27. The predicted octanol–water partition coefficient (Wildman–Crippen LogP) is 1.99. The van der Waals surface area contributed by atoms with Crippen LogP contribution in [0.15, 0.2) is 48.5 Å². The number of hydrogen-bond donors (Lipinski definition) is 1. The molecule has 2 amide bonds. The first-order chi connectivity index (χ1) is 13.8. The van der Waals surface area contributed by atoms with Gasteiger partial charge in [0.05, 0.1) is 0 Å². The standard InChI is InChI=1S/C22H27N3O4/c1-16-7-5-6-8-19(16)22(28)23-13-21(27)29-15-20(26)25(4)14-17-9-11-18(12-10-17)24(2)3/h5-12H,13-15H2,1-4H3,(H,23,28). The smallest absolute Gasteiger partial charge is 0.325 e. The molecule has 0 saturated heterocycles. The van der Waals surface area contributed by atoms with E-state index in [4.69, 9.17) is 4.74 Å². The predicted molar refractivity (Wildman–Crippen MR) is 112 cm³/mol. The third-order valence-corrected chi connectivity index (χ3v) is 4.44. The van der Waals surface area contributed by atoms with Gasteiger partial charge in [-0.15, -0.1) is 0 Å². The number of nitrogens with zero attached hydrogens (tertiary/aromatic N) is 2. The number of ether oxygens (including phenoxy) is 1. The quantitative estimate of drug-likeness (QED) is 0.689. The third kappa shape index (κ3) is 6.64. The number of benzene rings is 2. The van der Waals surface area contributed by atoms with Gasteiger partial charge in [-0.05, 0) is 36.2 Å². The molecule has 29 heavy (non-hydrogen) atoms. The summed E-state index contributed by atoms with van der Waals surface area (Å²) < 4.78 is 4.98. The fourth-order valence-corrected chi connectivity index (χ4v) is 2.64. The Morgan fingerprint density at radius 3 is 2.24 bits per heavy atom. The number of nitrogens with one attached hydrogen (secondary N) is 1. The number of carbonyl (C=O) groups is 3. The van der Waals surface area contributed by atoms with Crippen LogP contribution in [0.3, 0.4) is 0 Å². The van der Waals surface area contributed by atoms with Crippen molar-refractivity contribution in [2.75, 3.05) is 39.2 Å². The van der Waals surface area contributed by atoms with Gasteiger partial charge in [0, 0.05) is 38.9 Å². The van der Waals surface area contributed by atoms with Crippen LogP contribution in [0, 0.1) is 6.92 Å². The van der Waals surface area contributed by atoms with Crippen molar-refractivity contribution in [2.24, 2.45) is 0 Å². The summed E-state index contributed by atoms with van der Waals surface area (Å²) in [7, 11) is 5.57. The van der Waals surface area contributed by atoms with E-state index in [2.05, 4.69) is 5.32 Å². The van der Waals surface area contributed by atoms with Crippen molar-refractivity contribution in [1.29, 1.82) is 0 Å². The van der Waals surface area contributed by atoms with E-state index in [-0.39, 0.29) is 25.0 Å². The number of aryl methyl sites for hydroxylation is 1. The average Bonchev–Trinajstić information content (AvgIpc) is 2.70. The molecule has 0 spiro atoms. The minimum Gasteiger partial charge on any atom is -0.454 e. The lowest BCUT2D eigenvalue weighted by Gasteiger charge is -2.18. The zero-order valence-corrected chi connectivity index (χ0v) is 17.3. The molecule has 0 heterocycles. The summed E-state index contributed by atoms with van der Waals surface area (Å²) in [4.78, 5) is 39.6. The Labute approximate surface area is 171 Å². The summed E-state index contributed by atoms with van der Waals surface area (Å²) >= 11 is 0. The molecule has 2 aromatic carbocycles. The Balaban J connectivity index is 1.75. The van der Waals surface area contributed by atoms with Gasteiger partial charge in [-0.3, -0.25) is 14.4 Å². The van der Waals surface area contributed by atoms with Gasteiger partial charge in [-0.2, -0.15) is 0 Å². The Morgan fingerprint density at radius 2 is 1.62 bits per heavy atom. The van der Waals surface area contributed by atoms with Gasteiger partial charge < -0.3 is 19.9 Å². The number of rotatable bonds is 8. The highest BCUT2D eigenvalue weighted by atomic mass is 16.5. The van der Waals surface area contributed by atoms with Crippen LogP contribution in [0.25, 0.3) is 0 Å². The molecule has 0 aliphatic rings. The topological polar surface area (TPSA) is 78.9 Å². The molecule has 0 fully saturated rings. The zero-order valence-electron chi connectivity index (χ0n) is 17.3. The fraction of sp³-hybridized carbons (Fsp3) is 0.318. The van der Waals surface area contributed by atoms with Gasteiger partial charge in [0.1, 0.15) is 6.54 Å². The van der Waals surface area contributed by atoms with Crippen LogP contribution in [0.2, 0.25) is 0 Å². The Bertz CT molecular complexity index is 863. The summed E-state index contributed by atoms with van der Waals surface area (Å²) in [5, 5.41) is 2.50. The van der Waals surface area contributed by atoms with Crippen LogP contribution in [0.5, 0.6) is 0 Å². The molecule has 7 nitrogen and oxygen atoms in total. The second kappa shape index (κ2) is 10.3. The fourth-order valence-electron chi connectivity index (χ4n) is 2.64. The molecule has 0 aromatic heterocycles. The SMILES string of the molecule is Cc1ccccc1C(=O)NCC(=O)OCC(=O)N(C)Cc1ccc(N(C)C)cc1. The van der Waals surface area contributed by atoms with Crippen molar-refractivity contribution in [3.05, 3.63) is 65.2 Å². The first kappa shape index (κ1) is 21.9. The van der Waals surface area contributed by atoms with Gasteiger partial charge in [-0.25, -0.2) is 0 Å². The monoisotopic (exact) mass is 397 g/mol. The molecule has 7 heteroatoms. The molecule has 1 N–H and O–H groups in total. The Hall–Kier alpha value is -3.35. The van der Waals surface area contributed by atoms with Gasteiger partial charge >= 0.3 is 5.97 Å². The normalized spacial score (nSPS) is 10.2. The molecule has 0 aliphatic carbocycles. The lowest BCUT2D eigenvalue weighted by molar-refractivity contribution is -0.150. The minimum absolute atomic E-state index is 0.295. The molecule has 154 valence electrons. The summed E-state index contributed by atoms with van der Waals surface area (Å²) in [5.41, 5.74) is 3.36. The zero-order chi connectivity index (χ0) is 21.4. The highest BCUT2D eigenvalue weighted by molar-refractivity contribution is 5.97. The van der Waals surface area contributed by atoms with E-state index in [0.29, 0.717) is 12.1 Å². The average molecular weight is 397 g/mol. The molecular formula is C22H27N3O4. The van der Waals surface area contributed by atoms with Crippen molar-refractivity contribution in [3.8, 4) is 0 Å². The second-order valence-electron chi connectivity index (χ2n) is 6.97. The molecule has 0 saturated carbocycles. The van der Waals surface area contributed by atoms with Crippen LogP contribution >= 0.6 is 0 Å². The summed E-state index contributed by atoms with van der Waals surface area (Å²) in [6.07, 6.45) is 0. The van der Waals surface area contributed by atoms with Gasteiger partial charge in [0.15, 0.2) is 6.61 Å². The van der Waals surface area contributed by atoms with Crippen LogP contribution in [-0.4, -0.2) is 57.0 Å². The van der Waals surface area contributed by atoms with Crippen molar-refractivity contribution < 1.29 is 19.1 Å². The molecule has 0 atom stereocenters. The van der Waals surface area contributed by atoms with E-state index in [1.807, 2.05) is 62.3 Å². The third-order valence-electron chi connectivity index (χ3n) is 4.44. The number of amides is 2. The van der Waals surface area contributed by atoms with Crippen molar-refractivity contribution in [2.45, 2.75) is 13.5 Å². The molecular weight excluding hydrogens is 370 g/mol. The number of esters is 1. The number of hydrogen-bond acceptors (Lipinski definition) is 5. The molecule has 2 rings (SSSR count). The summed E-state index contributed by atoms with van der Waals surface area (Å²) in [5.74, 6) is -1.34. The van der Waals surface area contributed by atoms with E-state index in [9.17, 15) is 14.4 Å². The largest absolute Gasteiger partial charge is 0.454 e. The van der Waals surface area contributed by atoms with Crippen LogP contribution in [0.1, 0.15) is 21.5 Å². The highest BCUT2D eigenvalue weighted by Gasteiger charge is 2.14. The van der Waals surface area contributed by atoms with E-state index in [0.717, 1.165) is 16.8 Å². The lowest BCUT2D eigenvalue weighted by Crippen LogP contribution is -2.34.